The Morgan fingerprint density at radius 1 is 1.31 bits per heavy atom. The summed E-state index contributed by atoms with van der Waals surface area (Å²) in [6.07, 6.45) is 0. The number of thiol groups is 1. The summed E-state index contributed by atoms with van der Waals surface area (Å²) in [5.41, 5.74) is 2.07. The van der Waals surface area contributed by atoms with E-state index in [1.54, 1.807) is 0 Å². The molecular weight excluding hydrogens is 234 g/mol. The fourth-order valence-corrected chi connectivity index (χ4v) is 4.25. The van der Waals surface area contributed by atoms with Crippen LogP contribution in [-0.4, -0.2) is 20.2 Å². The van der Waals surface area contributed by atoms with E-state index in [-0.39, 0.29) is 10.8 Å². The van der Waals surface area contributed by atoms with Crippen LogP contribution in [0.15, 0.2) is 24.3 Å². The number of carbonyl (C=O) groups is 1. The number of nitrogens with one attached hydrogen (secondary N) is 1. The summed E-state index contributed by atoms with van der Waals surface area (Å²) < 4.78 is 0. The van der Waals surface area contributed by atoms with E-state index in [4.69, 9.17) is 0 Å². The van der Waals surface area contributed by atoms with Gasteiger partial charge in [-0.2, -0.15) is 0 Å². The summed E-state index contributed by atoms with van der Waals surface area (Å²) in [6, 6.07) is 7.71. The quantitative estimate of drug-likeness (QED) is 0.638. The molecule has 0 bridgehead atoms. The van der Waals surface area contributed by atoms with E-state index in [1.165, 1.54) is 0 Å². The largest absolute Gasteiger partial charge is 0.316 e. The van der Waals surface area contributed by atoms with Gasteiger partial charge < -0.3 is 5.32 Å². The van der Waals surface area contributed by atoms with E-state index in [0.717, 1.165) is 5.56 Å². The van der Waals surface area contributed by atoms with Gasteiger partial charge in [0.2, 0.25) is 5.12 Å². The molecular formula is C12H19NOSSi. The Labute approximate surface area is 104 Å². The average Bonchev–Trinajstić information content (AvgIpc) is 2.17. The van der Waals surface area contributed by atoms with E-state index in [0.29, 0.717) is 5.56 Å². The molecule has 16 heavy (non-hydrogen) atoms. The second-order valence-electron chi connectivity index (χ2n) is 4.98. The summed E-state index contributed by atoms with van der Waals surface area (Å²) in [6.45, 7) is 6.86. The third kappa shape index (κ3) is 2.96. The Morgan fingerprint density at radius 3 is 2.31 bits per heavy atom. The molecule has 1 aromatic rings. The van der Waals surface area contributed by atoms with Crippen LogP contribution in [0.1, 0.15) is 21.6 Å². The Balaban J connectivity index is 3.25. The van der Waals surface area contributed by atoms with Crippen molar-refractivity contribution in [1.29, 1.82) is 0 Å². The first-order chi connectivity index (χ1) is 7.38. The number of hydrogen-bond acceptors (Lipinski definition) is 2. The van der Waals surface area contributed by atoms with Crippen molar-refractivity contribution in [2.75, 3.05) is 7.05 Å². The van der Waals surface area contributed by atoms with Crippen molar-refractivity contribution in [3.05, 3.63) is 35.4 Å². The molecule has 0 heterocycles. The van der Waals surface area contributed by atoms with Crippen molar-refractivity contribution in [2.24, 2.45) is 0 Å². The summed E-state index contributed by atoms with van der Waals surface area (Å²) in [4.78, 5) is 11.5. The van der Waals surface area contributed by atoms with Crippen LogP contribution in [0.4, 0.5) is 0 Å². The van der Waals surface area contributed by atoms with Crippen LogP contribution >= 0.6 is 12.6 Å². The second kappa shape index (κ2) is 5.16. The topological polar surface area (TPSA) is 29.1 Å². The van der Waals surface area contributed by atoms with Crippen molar-refractivity contribution in [3.8, 4) is 0 Å². The standard InChI is InChI=1S/C12H19NOSSi/c1-13-11(16(2,3)4)9-7-5-6-8-10(9)12(14)15/h5-8,11,13H,1-4H3,(H,14,15). The molecule has 0 aliphatic carbocycles. The van der Waals surface area contributed by atoms with E-state index >= 15 is 0 Å². The zero-order valence-corrected chi connectivity index (χ0v) is 12.1. The highest BCUT2D eigenvalue weighted by atomic mass is 32.1. The van der Waals surface area contributed by atoms with Crippen LogP contribution in [0.25, 0.3) is 0 Å². The van der Waals surface area contributed by atoms with Gasteiger partial charge in [-0.15, -0.1) is 12.6 Å². The Bertz CT molecular complexity index is 387. The predicted octanol–water partition coefficient (Wildman–Crippen LogP) is 2.89. The van der Waals surface area contributed by atoms with Gasteiger partial charge in [0.15, 0.2) is 0 Å². The summed E-state index contributed by atoms with van der Waals surface area (Å²) in [5.74, 6) is 0. The lowest BCUT2D eigenvalue weighted by Gasteiger charge is -2.30. The molecule has 0 aliphatic rings. The van der Waals surface area contributed by atoms with Gasteiger partial charge in [0.05, 0.1) is 8.07 Å². The van der Waals surface area contributed by atoms with Crippen molar-refractivity contribution in [2.45, 2.75) is 25.3 Å². The number of benzene rings is 1. The molecule has 0 fully saturated rings. The zero-order valence-electron chi connectivity index (χ0n) is 10.2. The molecule has 0 saturated heterocycles. The van der Waals surface area contributed by atoms with Crippen LogP contribution in [0.2, 0.25) is 19.6 Å². The molecule has 1 atom stereocenters. The maximum absolute atomic E-state index is 11.5. The molecule has 1 aromatic carbocycles. The predicted molar refractivity (Wildman–Crippen MR) is 74.9 cm³/mol. The molecule has 2 nitrogen and oxygen atoms in total. The van der Waals surface area contributed by atoms with E-state index < -0.39 is 8.07 Å². The fourth-order valence-electron chi connectivity index (χ4n) is 2.00. The normalized spacial score (nSPS) is 13.6. The molecule has 1 rings (SSSR count). The van der Waals surface area contributed by atoms with Gasteiger partial charge in [-0.25, -0.2) is 0 Å². The molecule has 0 saturated carbocycles. The highest BCUT2D eigenvalue weighted by Crippen LogP contribution is 2.27. The van der Waals surface area contributed by atoms with Crippen molar-refractivity contribution in [3.63, 3.8) is 0 Å². The number of hydrogen-bond donors (Lipinski definition) is 2. The zero-order chi connectivity index (χ0) is 12.3. The van der Waals surface area contributed by atoms with Crippen molar-refractivity contribution >= 4 is 25.8 Å². The van der Waals surface area contributed by atoms with Crippen LogP contribution in [0, 0.1) is 0 Å². The molecule has 88 valence electrons. The minimum atomic E-state index is -1.40. The lowest BCUT2D eigenvalue weighted by atomic mass is 10.1. The lowest BCUT2D eigenvalue weighted by molar-refractivity contribution is 0.109. The Morgan fingerprint density at radius 2 is 1.88 bits per heavy atom. The molecule has 0 spiro atoms. The second-order valence-corrected chi connectivity index (χ2v) is 10.7. The fraction of sp³-hybridized carbons (Fsp3) is 0.417. The van der Waals surface area contributed by atoms with Gasteiger partial charge in [0.25, 0.3) is 0 Å². The van der Waals surface area contributed by atoms with Gasteiger partial charge in [0.1, 0.15) is 0 Å². The third-order valence-corrected chi connectivity index (χ3v) is 5.23. The van der Waals surface area contributed by atoms with E-state index in [2.05, 4.69) is 37.6 Å². The summed E-state index contributed by atoms with van der Waals surface area (Å²) in [5, 5.41) is 3.17. The first-order valence-corrected chi connectivity index (χ1v) is 9.40. The number of carbonyl (C=O) groups excluding carboxylic acids is 1. The van der Waals surface area contributed by atoms with Crippen LogP contribution < -0.4 is 5.32 Å². The van der Waals surface area contributed by atoms with Gasteiger partial charge in [-0.1, -0.05) is 43.9 Å². The summed E-state index contributed by atoms with van der Waals surface area (Å²) >= 11 is 3.94. The molecule has 0 aromatic heterocycles. The van der Waals surface area contributed by atoms with Crippen LogP contribution in [-0.2, 0) is 0 Å². The SMILES string of the molecule is CNC(c1ccccc1C(=O)S)[Si](C)(C)C. The van der Waals surface area contributed by atoms with Crippen molar-refractivity contribution in [1.82, 2.24) is 5.32 Å². The van der Waals surface area contributed by atoms with Gasteiger partial charge in [-0.05, 0) is 12.6 Å². The van der Waals surface area contributed by atoms with E-state index in [1.807, 2.05) is 31.3 Å². The lowest BCUT2D eigenvalue weighted by Crippen LogP contribution is -2.40. The van der Waals surface area contributed by atoms with Crippen molar-refractivity contribution < 1.29 is 4.79 Å². The highest BCUT2D eigenvalue weighted by Gasteiger charge is 2.29. The summed E-state index contributed by atoms with van der Waals surface area (Å²) in [7, 11) is 0.545. The maximum Gasteiger partial charge on any atom is 0.216 e. The Kier molecular flexibility index (Phi) is 4.35. The molecule has 0 amide bonds. The Hall–Kier alpha value is -0.583. The molecule has 1 unspecified atom stereocenters. The molecule has 0 aliphatic heterocycles. The van der Waals surface area contributed by atoms with Gasteiger partial charge in [-0.3, -0.25) is 4.79 Å². The minimum Gasteiger partial charge on any atom is -0.316 e. The van der Waals surface area contributed by atoms with Crippen LogP contribution in [0.3, 0.4) is 0 Å². The highest BCUT2D eigenvalue weighted by molar-refractivity contribution is 7.97. The van der Waals surface area contributed by atoms with Gasteiger partial charge >= 0.3 is 0 Å². The average molecular weight is 253 g/mol. The van der Waals surface area contributed by atoms with Crippen LogP contribution in [0.5, 0.6) is 0 Å². The monoisotopic (exact) mass is 253 g/mol. The maximum atomic E-state index is 11.5. The minimum absolute atomic E-state index is 0.158. The molecule has 0 radical (unpaired) electrons. The first kappa shape index (κ1) is 13.5. The number of rotatable bonds is 4. The smallest absolute Gasteiger partial charge is 0.216 e. The van der Waals surface area contributed by atoms with E-state index in [9.17, 15) is 4.79 Å². The molecule has 1 N–H and O–H groups in total. The molecule has 4 heteroatoms. The third-order valence-electron chi connectivity index (χ3n) is 2.66. The van der Waals surface area contributed by atoms with Gasteiger partial charge in [0, 0.05) is 11.2 Å². The first-order valence-electron chi connectivity index (χ1n) is 5.37.